The van der Waals surface area contributed by atoms with Crippen molar-refractivity contribution >= 4 is 0 Å². The zero-order valence-corrected chi connectivity index (χ0v) is 12.5. The van der Waals surface area contributed by atoms with Gasteiger partial charge in [-0.1, -0.05) is 37.8 Å². The third kappa shape index (κ3) is 4.03. The molecule has 1 aromatic rings. The summed E-state index contributed by atoms with van der Waals surface area (Å²) in [5, 5.41) is 3.50. The van der Waals surface area contributed by atoms with E-state index in [1.807, 2.05) is 6.07 Å². The van der Waals surface area contributed by atoms with Gasteiger partial charge in [-0.3, -0.25) is 0 Å². The van der Waals surface area contributed by atoms with E-state index in [9.17, 15) is 4.39 Å². The molecule has 0 bridgehead atoms. The second-order valence-electron chi connectivity index (χ2n) is 5.87. The summed E-state index contributed by atoms with van der Waals surface area (Å²) >= 11 is 0. The molecule has 0 saturated heterocycles. The number of hydrogen-bond acceptors (Lipinski definition) is 2. The molecule has 112 valence electrons. The van der Waals surface area contributed by atoms with Crippen LogP contribution in [0.1, 0.15) is 44.1 Å². The van der Waals surface area contributed by atoms with Crippen LogP contribution in [-0.4, -0.2) is 26.8 Å². The van der Waals surface area contributed by atoms with Gasteiger partial charge >= 0.3 is 0 Å². The van der Waals surface area contributed by atoms with E-state index in [-0.39, 0.29) is 11.2 Å². The minimum atomic E-state index is -0.122. The molecule has 1 N–H and O–H groups in total. The Labute approximate surface area is 121 Å². The van der Waals surface area contributed by atoms with Gasteiger partial charge in [-0.15, -0.1) is 0 Å². The van der Waals surface area contributed by atoms with E-state index in [0.29, 0.717) is 0 Å². The lowest BCUT2D eigenvalue weighted by Gasteiger charge is -2.34. The van der Waals surface area contributed by atoms with Crippen LogP contribution in [0.3, 0.4) is 0 Å². The summed E-state index contributed by atoms with van der Waals surface area (Å²) in [6.45, 7) is 2.49. The molecule has 1 aliphatic rings. The van der Waals surface area contributed by atoms with Gasteiger partial charge in [-0.25, -0.2) is 4.39 Å². The summed E-state index contributed by atoms with van der Waals surface area (Å²) < 4.78 is 18.7. The van der Waals surface area contributed by atoms with Crippen LogP contribution >= 0.6 is 0 Å². The Morgan fingerprint density at radius 2 is 1.95 bits per heavy atom. The van der Waals surface area contributed by atoms with Crippen molar-refractivity contribution in [1.29, 1.82) is 0 Å². The monoisotopic (exact) mass is 279 g/mol. The maximum absolute atomic E-state index is 13.6. The molecule has 2 nitrogen and oxygen atoms in total. The van der Waals surface area contributed by atoms with Crippen LogP contribution < -0.4 is 5.32 Å². The van der Waals surface area contributed by atoms with Crippen molar-refractivity contribution in [3.05, 3.63) is 35.6 Å². The Hall–Kier alpha value is -0.930. The van der Waals surface area contributed by atoms with Crippen LogP contribution in [0.2, 0.25) is 0 Å². The van der Waals surface area contributed by atoms with E-state index in [0.717, 1.165) is 38.1 Å². The predicted octanol–water partition coefficient (Wildman–Crippen LogP) is 3.65. The maximum Gasteiger partial charge on any atom is 0.123 e. The summed E-state index contributed by atoms with van der Waals surface area (Å²) in [4.78, 5) is 0. The van der Waals surface area contributed by atoms with Crippen molar-refractivity contribution < 1.29 is 9.13 Å². The Morgan fingerprint density at radius 1 is 1.20 bits per heavy atom. The first-order valence-corrected chi connectivity index (χ1v) is 7.73. The Bertz CT molecular complexity index is 400. The average molecular weight is 279 g/mol. The van der Waals surface area contributed by atoms with Gasteiger partial charge in [0.05, 0.1) is 6.61 Å². The topological polar surface area (TPSA) is 21.3 Å². The van der Waals surface area contributed by atoms with Gasteiger partial charge in [0, 0.05) is 25.6 Å². The first kappa shape index (κ1) is 15.5. The number of nitrogens with one attached hydrogen (secondary N) is 1. The van der Waals surface area contributed by atoms with Crippen molar-refractivity contribution in [2.75, 3.05) is 26.8 Å². The molecule has 0 unspecified atom stereocenters. The van der Waals surface area contributed by atoms with E-state index < -0.39 is 0 Å². The average Bonchev–Trinajstić information content (AvgIpc) is 2.70. The zero-order valence-electron chi connectivity index (χ0n) is 12.5. The molecule has 3 heteroatoms. The molecule has 20 heavy (non-hydrogen) atoms. The van der Waals surface area contributed by atoms with Crippen molar-refractivity contribution in [3.8, 4) is 0 Å². The van der Waals surface area contributed by atoms with Crippen molar-refractivity contribution in [1.82, 2.24) is 5.32 Å². The first-order valence-electron chi connectivity index (χ1n) is 7.73. The third-order valence-electron chi connectivity index (χ3n) is 4.44. The van der Waals surface area contributed by atoms with Crippen LogP contribution in [0.15, 0.2) is 24.3 Å². The number of hydrogen-bond donors (Lipinski definition) is 1. The summed E-state index contributed by atoms with van der Waals surface area (Å²) in [6.07, 6.45) is 7.38. The SMILES string of the molecule is COCCNCC1(c2cccc(F)c2)CCCCCC1. The predicted molar refractivity (Wildman–Crippen MR) is 80.5 cm³/mol. The number of rotatable bonds is 6. The van der Waals surface area contributed by atoms with E-state index in [1.54, 1.807) is 13.2 Å². The van der Waals surface area contributed by atoms with Gasteiger partial charge < -0.3 is 10.1 Å². The summed E-state index contributed by atoms with van der Waals surface area (Å²) in [5.41, 5.74) is 1.25. The highest BCUT2D eigenvalue weighted by Crippen LogP contribution is 2.38. The minimum absolute atomic E-state index is 0.0896. The van der Waals surface area contributed by atoms with E-state index in [1.165, 1.54) is 31.7 Å². The number of halogens is 1. The molecule has 0 spiro atoms. The van der Waals surface area contributed by atoms with Gasteiger partial charge in [0.25, 0.3) is 0 Å². The van der Waals surface area contributed by atoms with Crippen LogP contribution in [-0.2, 0) is 10.2 Å². The van der Waals surface area contributed by atoms with E-state index in [2.05, 4.69) is 11.4 Å². The molecule has 0 amide bonds. The van der Waals surface area contributed by atoms with Gasteiger partial charge in [0.15, 0.2) is 0 Å². The van der Waals surface area contributed by atoms with Crippen molar-refractivity contribution in [2.24, 2.45) is 0 Å². The molecule has 0 heterocycles. The zero-order chi connectivity index (χ0) is 14.3. The van der Waals surface area contributed by atoms with Crippen molar-refractivity contribution in [3.63, 3.8) is 0 Å². The van der Waals surface area contributed by atoms with Crippen LogP contribution in [0.5, 0.6) is 0 Å². The fraction of sp³-hybridized carbons (Fsp3) is 0.647. The molecule has 0 aliphatic heterocycles. The maximum atomic E-state index is 13.6. The quantitative estimate of drug-likeness (QED) is 0.634. The standard InChI is InChI=1S/C17H26FNO/c1-20-12-11-19-14-17(9-4-2-3-5-10-17)15-7-6-8-16(18)13-15/h6-8,13,19H,2-5,9-12,14H2,1H3. The number of ether oxygens (including phenoxy) is 1. The lowest BCUT2D eigenvalue weighted by Crippen LogP contribution is -2.39. The second kappa shape index (κ2) is 7.75. The largest absolute Gasteiger partial charge is 0.383 e. The number of methoxy groups -OCH3 is 1. The summed E-state index contributed by atoms with van der Waals surface area (Å²) in [6, 6.07) is 7.19. The fourth-order valence-corrected chi connectivity index (χ4v) is 3.29. The van der Waals surface area contributed by atoms with E-state index >= 15 is 0 Å². The molecule has 2 rings (SSSR count). The molecule has 0 radical (unpaired) electrons. The van der Waals surface area contributed by atoms with Gasteiger partial charge in [-0.05, 0) is 30.5 Å². The molecule has 0 atom stereocenters. The summed E-state index contributed by atoms with van der Waals surface area (Å²) in [5.74, 6) is -0.122. The molecule has 0 aromatic heterocycles. The molecular weight excluding hydrogens is 253 g/mol. The fourth-order valence-electron chi connectivity index (χ4n) is 3.29. The second-order valence-corrected chi connectivity index (χ2v) is 5.87. The highest BCUT2D eigenvalue weighted by atomic mass is 19.1. The Balaban J connectivity index is 2.14. The highest BCUT2D eigenvalue weighted by Gasteiger charge is 2.32. The lowest BCUT2D eigenvalue weighted by molar-refractivity contribution is 0.195. The van der Waals surface area contributed by atoms with Gasteiger partial charge in [-0.2, -0.15) is 0 Å². The van der Waals surface area contributed by atoms with E-state index in [4.69, 9.17) is 4.74 Å². The molecule has 1 fully saturated rings. The highest BCUT2D eigenvalue weighted by molar-refractivity contribution is 5.27. The Morgan fingerprint density at radius 3 is 2.60 bits per heavy atom. The summed E-state index contributed by atoms with van der Waals surface area (Å²) in [7, 11) is 1.72. The lowest BCUT2D eigenvalue weighted by atomic mass is 9.74. The normalized spacial score (nSPS) is 18.7. The van der Waals surface area contributed by atoms with Crippen LogP contribution in [0, 0.1) is 5.82 Å². The third-order valence-corrected chi connectivity index (χ3v) is 4.44. The van der Waals surface area contributed by atoms with Gasteiger partial charge in [0.2, 0.25) is 0 Å². The first-order chi connectivity index (χ1) is 9.77. The smallest absolute Gasteiger partial charge is 0.123 e. The molecule has 1 saturated carbocycles. The number of benzene rings is 1. The molecular formula is C17H26FNO. The van der Waals surface area contributed by atoms with Crippen LogP contribution in [0.4, 0.5) is 4.39 Å². The molecule has 1 aromatic carbocycles. The van der Waals surface area contributed by atoms with Crippen molar-refractivity contribution in [2.45, 2.75) is 43.9 Å². The Kier molecular flexibility index (Phi) is 5.99. The minimum Gasteiger partial charge on any atom is -0.383 e. The van der Waals surface area contributed by atoms with Crippen LogP contribution in [0.25, 0.3) is 0 Å². The van der Waals surface area contributed by atoms with Gasteiger partial charge in [0.1, 0.15) is 5.82 Å². The molecule has 1 aliphatic carbocycles.